The van der Waals surface area contributed by atoms with E-state index in [1.807, 2.05) is 26.8 Å². The second-order valence-corrected chi connectivity index (χ2v) is 20.6. The standard InChI is InChI=1S/C42H62O16.2K/c1-37(2)21-8-11-42(7)31(20(43)16-18-19-17-39(4,36(53)54)13-12-38(19,3)14-15-41(18,42)6)40(21,5)10-9-22(37)55-35-30(26(47)25(46)29(57-35)33(51)52)58-34-27(48)23(44)24(45)28(56-34)32(49)50;;/h16,19,21-31,34-35,44-48H,8-15,17H2,1-7H3,(H,49,50)(H,51,52)(H,53,54);;/q;2*+1/p-2/t19-,21-,22-,23-,24-,25-,26-,27+,28-,29-,30+,31+,34-,35+,38+,39-,40-,41+,42+;;/m0../s1. The van der Waals surface area contributed by atoms with Crippen LogP contribution in [0.3, 0.4) is 0 Å². The first-order chi connectivity index (χ1) is 26.8. The number of rotatable bonds is 7. The summed E-state index contributed by atoms with van der Waals surface area (Å²) in [7, 11) is 0. The van der Waals surface area contributed by atoms with Crippen LogP contribution in [-0.4, -0.2) is 122 Å². The molecule has 6 fully saturated rings. The Kier molecular flexibility index (Phi) is 15.3. The Hall–Kier alpha value is 0.733. The fourth-order valence-electron chi connectivity index (χ4n) is 13.4. The van der Waals surface area contributed by atoms with Crippen molar-refractivity contribution in [3.8, 4) is 0 Å². The van der Waals surface area contributed by atoms with Crippen LogP contribution < -0.4 is 113 Å². The topological polar surface area (TPSA) is 273 Å². The minimum absolute atomic E-state index is 0. The van der Waals surface area contributed by atoms with Crippen LogP contribution in [0.2, 0.25) is 0 Å². The van der Waals surface area contributed by atoms with Crippen molar-refractivity contribution in [3.05, 3.63) is 11.6 Å². The number of carbonyl (C=O) groups excluding carboxylic acids is 3. The molecule has 0 bridgehead atoms. The molecule has 18 heteroatoms. The fraction of sp³-hybridized carbons (Fsp3) is 0.857. The van der Waals surface area contributed by atoms with Crippen LogP contribution in [0, 0.1) is 50.2 Å². The fourth-order valence-corrected chi connectivity index (χ4v) is 13.4. The van der Waals surface area contributed by atoms with Gasteiger partial charge in [-0.2, -0.15) is 0 Å². The van der Waals surface area contributed by atoms with Crippen molar-refractivity contribution in [1.82, 2.24) is 0 Å². The molecule has 5 aliphatic carbocycles. The van der Waals surface area contributed by atoms with E-state index in [9.17, 15) is 60.0 Å². The first-order valence-electron chi connectivity index (χ1n) is 20.7. The third kappa shape index (κ3) is 7.97. The number of hydrogen-bond donors (Lipinski definition) is 6. The third-order valence-electron chi connectivity index (χ3n) is 17.2. The molecule has 0 amide bonds. The molecule has 19 atom stereocenters. The maximum Gasteiger partial charge on any atom is 1.00 e. The molecular formula is C42H60K2O16. The summed E-state index contributed by atoms with van der Waals surface area (Å²) >= 11 is 0. The Morgan fingerprint density at radius 2 is 1.28 bits per heavy atom. The molecule has 6 N–H and O–H groups in total. The summed E-state index contributed by atoms with van der Waals surface area (Å²) in [6.45, 7) is 14.8. The van der Waals surface area contributed by atoms with Crippen LogP contribution in [-0.2, 0) is 38.1 Å². The van der Waals surface area contributed by atoms with Crippen molar-refractivity contribution in [3.63, 3.8) is 0 Å². The molecule has 2 saturated heterocycles. The maximum absolute atomic E-state index is 14.8. The van der Waals surface area contributed by atoms with E-state index in [1.54, 1.807) is 0 Å². The molecule has 0 spiro atoms. The van der Waals surface area contributed by atoms with Gasteiger partial charge >= 0.3 is 109 Å². The van der Waals surface area contributed by atoms with E-state index < -0.39 is 107 Å². The minimum atomic E-state index is -2.15. The number of aliphatic hydroxyl groups excluding tert-OH is 5. The van der Waals surface area contributed by atoms with Gasteiger partial charge in [0.2, 0.25) is 0 Å². The minimum Gasteiger partial charge on any atom is -0.547 e. The van der Waals surface area contributed by atoms with Crippen molar-refractivity contribution in [2.24, 2.45) is 50.2 Å². The van der Waals surface area contributed by atoms with Gasteiger partial charge in [-0.3, -0.25) is 9.59 Å². The predicted molar refractivity (Wildman–Crippen MR) is 194 cm³/mol. The molecule has 0 aromatic rings. The Morgan fingerprint density at radius 1 is 0.717 bits per heavy atom. The summed E-state index contributed by atoms with van der Waals surface area (Å²) in [6, 6.07) is 0. The number of carboxylic acids is 3. The molecule has 7 aliphatic rings. The summed E-state index contributed by atoms with van der Waals surface area (Å²) in [4.78, 5) is 51.1. The zero-order valence-electron chi connectivity index (χ0n) is 36.3. The Morgan fingerprint density at radius 3 is 1.87 bits per heavy atom. The number of aliphatic hydroxyl groups is 5. The van der Waals surface area contributed by atoms with Crippen LogP contribution in [0.15, 0.2) is 11.6 Å². The summed E-state index contributed by atoms with van der Waals surface area (Å²) in [6.07, 6.45) is -13.1. The number of carboxylic acid groups (broad SMARTS) is 3. The molecular weight excluding hydrogens is 839 g/mol. The number of ketones is 1. The molecule has 7 rings (SSSR count). The second-order valence-electron chi connectivity index (χ2n) is 20.6. The average molecular weight is 899 g/mol. The first kappa shape index (κ1) is 51.7. The number of hydrogen-bond acceptors (Lipinski definition) is 15. The van der Waals surface area contributed by atoms with E-state index in [0.29, 0.717) is 38.5 Å². The van der Waals surface area contributed by atoms with Gasteiger partial charge in [-0.1, -0.05) is 47.1 Å². The quantitative estimate of drug-likeness (QED) is 0.102. The van der Waals surface area contributed by atoms with E-state index in [0.717, 1.165) is 24.8 Å². The van der Waals surface area contributed by atoms with Crippen molar-refractivity contribution in [2.45, 2.75) is 174 Å². The Labute approximate surface area is 435 Å². The van der Waals surface area contributed by atoms with Crippen molar-refractivity contribution < 1.29 is 182 Å². The van der Waals surface area contributed by atoms with E-state index >= 15 is 0 Å². The average Bonchev–Trinajstić information content (AvgIpc) is 3.13. The van der Waals surface area contributed by atoms with Crippen molar-refractivity contribution in [2.75, 3.05) is 0 Å². The smallest absolute Gasteiger partial charge is 0.547 e. The molecule has 16 nitrogen and oxygen atoms in total. The third-order valence-corrected chi connectivity index (χ3v) is 17.2. The molecule has 4 saturated carbocycles. The predicted octanol–water partition coefficient (Wildman–Crippen LogP) is -6.42. The number of carbonyl (C=O) groups is 4. The summed E-state index contributed by atoms with van der Waals surface area (Å²) in [5, 5.41) is 87.1. The van der Waals surface area contributed by atoms with Gasteiger partial charge in [-0.15, -0.1) is 0 Å². The van der Waals surface area contributed by atoms with Crippen molar-refractivity contribution in [1.29, 1.82) is 0 Å². The van der Waals surface area contributed by atoms with Gasteiger partial charge in [0.05, 0.1) is 23.5 Å². The summed E-state index contributed by atoms with van der Waals surface area (Å²) in [5.74, 6) is -5.04. The molecule has 326 valence electrons. The first-order valence-corrected chi connectivity index (χ1v) is 20.7. The second kappa shape index (κ2) is 17.8. The Bertz CT molecular complexity index is 1740. The van der Waals surface area contributed by atoms with Crippen molar-refractivity contribution >= 4 is 23.7 Å². The van der Waals surface area contributed by atoms with Crippen LogP contribution in [0.4, 0.5) is 0 Å². The monoisotopic (exact) mass is 898 g/mol. The van der Waals surface area contributed by atoms with E-state index in [-0.39, 0.29) is 137 Å². The van der Waals surface area contributed by atoms with Gasteiger partial charge < -0.3 is 69.4 Å². The number of aliphatic carboxylic acids is 3. The molecule has 0 aromatic carbocycles. The number of allylic oxidation sites excluding steroid dienone is 2. The number of ether oxygens (including phenoxy) is 4. The van der Waals surface area contributed by atoms with Gasteiger partial charge in [0, 0.05) is 5.92 Å². The van der Waals surface area contributed by atoms with Gasteiger partial charge in [0.25, 0.3) is 0 Å². The molecule has 0 radical (unpaired) electrons. The van der Waals surface area contributed by atoms with Gasteiger partial charge in [-0.05, 0) is 110 Å². The largest absolute Gasteiger partial charge is 1.00 e. The Balaban J connectivity index is 0.00000341. The van der Waals surface area contributed by atoms with E-state index in [4.69, 9.17) is 18.9 Å². The summed E-state index contributed by atoms with van der Waals surface area (Å²) < 4.78 is 23.1. The summed E-state index contributed by atoms with van der Waals surface area (Å²) in [5.41, 5.74) is -1.89. The van der Waals surface area contributed by atoms with Crippen LogP contribution in [0.1, 0.15) is 106 Å². The maximum atomic E-state index is 14.8. The van der Waals surface area contributed by atoms with Gasteiger partial charge in [0.15, 0.2) is 18.4 Å². The normalized spacial score (nSPS) is 50.8. The SMILES string of the molecule is CC1(C)[C@@H](O[C@@H]2O[C@H](C(=O)[O-])[C@@H](O)[C@H](O)[C@H]2O[C@@H]2O[C@H](C(=O)[O-])[C@@H](O)[C@H](O)[C@H]2O)CC[C@]2(C)[C@H]3C(=O)C=C4[C@@H]5C[C@@](C)(C(=O)O)CC[C@]5(C)CC[C@@]4(C)[C@]3(C)CC[C@@H]12.[K+].[K+]. The van der Waals surface area contributed by atoms with Gasteiger partial charge in [-0.25, -0.2) is 0 Å². The van der Waals surface area contributed by atoms with E-state index in [2.05, 4.69) is 27.7 Å². The molecule has 60 heavy (non-hydrogen) atoms. The molecule has 0 unspecified atom stereocenters. The zero-order valence-corrected chi connectivity index (χ0v) is 42.5. The molecule has 2 heterocycles. The van der Waals surface area contributed by atoms with Crippen LogP contribution in [0.25, 0.3) is 0 Å². The number of fused-ring (bicyclic) bond motifs is 7. The van der Waals surface area contributed by atoms with Crippen LogP contribution in [0.5, 0.6) is 0 Å². The molecule has 0 aromatic heterocycles. The van der Waals surface area contributed by atoms with Crippen LogP contribution >= 0.6 is 0 Å². The van der Waals surface area contributed by atoms with Gasteiger partial charge in [0.1, 0.15) is 48.8 Å². The zero-order chi connectivity index (χ0) is 42.9. The molecule has 2 aliphatic heterocycles. The van der Waals surface area contributed by atoms with E-state index in [1.165, 1.54) is 0 Å².